The molecular weight excluding hydrogens is 361 g/mol. The number of aliphatic carboxylic acids is 1. The van der Waals surface area contributed by atoms with Crippen LogP contribution in [0.15, 0.2) is 17.0 Å². The van der Waals surface area contributed by atoms with Gasteiger partial charge in [-0.2, -0.15) is 4.31 Å². The van der Waals surface area contributed by atoms with E-state index in [0.717, 1.165) is 4.31 Å². The van der Waals surface area contributed by atoms with Gasteiger partial charge in [0, 0.05) is 18.1 Å². The van der Waals surface area contributed by atoms with Crippen LogP contribution in [0.3, 0.4) is 0 Å². The molecule has 0 aliphatic carbocycles. The Balaban J connectivity index is 2.41. The monoisotopic (exact) mass is 371 g/mol. The number of nitrogens with zero attached hydrogens (tertiary/aromatic N) is 1. The van der Waals surface area contributed by atoms with Crippen LogP contribution in [-0.4, -0.2) is 36.9 Å². The Bertz CT molecular complexity index is 654. The highest BCUT2D eigenvalue weighted by Crippen LogP contribution is 2.35. The highest BCUT2D eigenvalue weighted by atomic mass is 35.5. The molecule has 0 spiro atoms. The van der Waals surface area contributed by atoms with E-state index in [0.29, 0.717) is 12.8 Å². The van der Waals surface area contributed by atoms with E-state index in [-0.39, 0.29) is 33.1 Å². The van der Waals surface area contributed by atoms with Crippen LogP contribution in [0.2, 0.25) is 15.1 Å². The maximum atomic E-state index is 12.6. The zero-order valence-corrected chi connectivity index (χ0v) is 13.8. The van der Waals surface area contributed by atoms with Crippen LogP contribution in [0.1, 0.15) is 12.8 Å². The fourth-order valence-corrected chi connectivity index (χ4v) is 5.28. The van der Waals surface area contributed by atoms with Crippen molar-refractivity contribution >= 4 is 50.8 Å². The zero-order chi connectivity index (χ0) is 15.8. The molecule has 1 aliphatic heterocycles. The molecule has 9 heteroatoms. The molecule has 0 unspecified atom stereocenters. The normalized spacial score (nSPS) is 20.4. The first-order valence-corrected chi connectivity index (χ1v) is 8.68. The third kappa shape index (κ3) is 3.46. The summed E-state index contributed by atoms with van der Waals surface area (Å²) in [4.78, 5) is 10.8. The van der Waals surface area contributed by atoms with Gasteiger partial charge in [-0.25, -0.2) is 8.42 Å². The predicted molar refractivity (Wildman–Crippen MR) is 80.6 cm³/mol. The number of benzene rings is 1. The number of halogens is 3. The van der Waals surface area contributed by atoms with Crippen molar-refractivity contribution in [1.82, 2.24) is 4.31 Å². The van der Waals surface area contributed by atoms with Crippen molar-refractivity contribution in [3.05, 3.63) is 27.2 Å². The molecule has 1 fully saturated rings. The minimum absolute atomic E-state index is 0.0788. The number of hydrogen-bond acceptors (Lipinski definition) is 3. The maximum absolute atomic E-state index is 12.6. The van der Waals surface area contributed by atoms with Gasteiger partial charge >= 0.3 is 5.97 Å². The highest BCUT2D eigenvalue weighted by molar-refractivity contribution is 7.89. The summed E-state index contributed by atoms with van der Waals surface area (Å²) in [6.45, 7) is 0.147. The summed E-state index contributed by atoms with van der Waals surface area (Å²) in [5.41, 5.74) is 0. The minimum atomic E-state index is -3.96. The summed E-state index contributed by atoms with van der Waals surface area (Å²) < 4.78 is 26.4. The van der Waals surface area contributed by atoms with Crippen LogP contribution in [0, 0.1) is 5.92 Å². The first-order valence-electron chi connectivity index (χ1n) is 6.11. The molecule has 0 bridgehead atoms. The first kappa shape index (κ1) is 16.8. The molecule has 1 aliphatic rings. The van der Waals surface area contributed by atoms with Crippen molar-refractivity contribution in [2.75, 3.05) is 13.1 Å². The van der Waals surface area contributed by atoms with Crippen molar-refractivity contribution in [3.8, 4) is 0 Å². The van der Waals surface area contributed by atoms with Gasteiger partial charge in [-0.3, -0.25) is 4.79 Å². The van der Waals surface area contributed by atoms with E-state index in [1.807, 2.05) is 0 Å². The lowest BCUT2D eigenvalue weighted by molar-refractivity contribution is -0.142. The second kappa shape index (κ2) is 6.30. The molecule has 0 saturated carbocycles. The number of carboxylic acid groups (broad SMARTS) is 1. The lowest BCUT2D eigenvalue weighted by Gasteiger charge is -2.30. The molecule has 0 amide bonds. The van der Waals surface area contributed by atoms with E-state index >= 15 is 0 Å². The second-order valence-electron chi connectivity index (χ2n) is 4.74. The maximum Gasteiger partial charge on any atom is 0.307 e. The quantitative estimate of drug-likeness (QED) is 0.884. The Labute approximate surface area is 137 Å². The molecule has 0 radical (unpaired) electrons. The van der Waals surface area contributed by atoms with Crippen LogP contribution in [0.5, 0.6) is 0 Å². The Morgan fingerprint density at radius 3 is 2.33 bits per heavy atom. The predicted octanol–water partition coefficient (Wildman–Crippen LogP) is 3.13. The fourth-order valence-electron chi connectivity index (χ4n) is 2.27. The number of sulfonamides is 1. The summed E-state index contributed by atoms with van der Waals surface area (Å²) in [5.74, 6) is -1.73. The van der Waals surface area contributed by atoms with Gasteiger partial charge in [0.15, 0.2) is 0 Å². The lowest BCUT2D eigenvalue weighted by atomic mass is 10.0. The first-order chi connectivity index (χ1) is 9.73. The standard InChI is InChI=1S/C12H12Cl3NO4S/c13-8-4-9(14)11(10(15)5-8)21(19,20)16-3-1-2-7(6-16)12(17)18/h4-5,7H,1-3,6H2,(H,17,18)/t7-/m0/s1. The molecular formula is C12H12Cl3NO4S. The highest BCUT2D eigenvalue weighted by Gasteiger charge is 2.35. The number of carboxylic acids is 1. The van der Waals surface area contributed by atoms with Crippen LogP contribution in [0.25, 0.3) is 0 Å². The van der Waals surface area contributed by atoms with Gasteiger partial charge in [-0.1, -0.05) is 34.8 Å². The molecule has 21 heavy (non-hydrogen) atoms. The van der Waals surface area contributed by atoms with Gasteiger partial charge in [0.05, 0.1) is 16.0 Å². The molecule has 116 valence electrons. The zero-order valence-electron chi connectivity index (χ0n) is 10.7. The van der Waals surface area contributed by atoms with Gasteiger partial charge in [0.2, 0.25) is 10.0 Å². The van der Waals surface area contributed by atoms with Gasteiger partial charge in [-0.05, 0) is 25.0 Å². The molecule has 1 saturated heterocycles. The van der Waals surface area contributed by atoms with E-state index in [1.165, 1.54) is 12.1 Å². The Morgan fingerprint density at radius 2 is 1.81 bits per heavy atom. The van der Waals surface area contributed by atoms with Crippen molar-refractivity contribution in [2.24, 2.45) is 5.92 Å². The molecule has 1 heterocycles. The van der Waals surface area contributed by atoms with Gasteiger partial charge in [0.25, 0.3) is 0 Å². The molecule has 1 N–H and O–H groups in total. The van der Waals surface area contributed by atoms with E-state index in [9.17, 15) is 13.2 Å². The summed E-state index contributed by atoms with van der Waals surface area (Å²) in [5, 5.41) is 9.12. The SMILES string of the molecule is O=C(O)[C@H]1CCCN(S(=O)(=O)c2c(Cl)cc(Cl)cc2Cl)C1. The van der Waals surface area contributed by atoms with Crippen LogP contribution in [0.4, 0.5) is 0 Å². The molecule has 2 rings (SSSR count). The van der Waals surface area contributed by atoms with Crippen LogP contribution in [-0.2, 0) is 14.8 Å². The van der Waals surface area contributed by atoms with Crippen molar-refractivity contribution < 1.29 is 18.3 Å². The van der Waals surface area contributed by atoms with E-state index in [4.69, 9.17) is 39.9 Å². The molecule has 1 atom stereocenters. The van der Waals surface area contributed by atoms with Crippen molar-refractivity contribution in [1.29, 1.82) is 0 Å². The average molecular weight is 373 g/mol. The average Bonchev–Trinajstić information content (AvgIpc) is 2.37. The second-order valence-corrected chi connectivity index (χ2v) is 7.86. The molecule has 1 aromatic carbocycles. The van der Waals surface area contributed by atoms with Gasteiger partial charge in [-0.15, -0.1) is 0 Å². The largest absolute Gasteiger partial charge is 0.481 e. The number of rotatable bonds is 3. The minimum Gasteiger partial charge on any atom is -0.481 e. The topological polar surface area (TPSA) is 74.7 Å². The van der Waals surface area contributed by atoms with E-state index < -0.39 is 21.9 Å². The van der Waals surface area contributed by atoms with Crippen molar-refractivity contribution in [3.63, 3.8) is 0 Å². The Kier molecular flexibility index (Phi) is 5.05. The molecule has 5 nitrogen and oxygen atoms in total. The number of carbonyl (C=O) groups is 1. The van der Waals surface area contributed by atoms with Crippen LogP contribution < -0.4 is 0 Å². The number of hydrogen-bond donors (Lipinski definition) is 1. The third-order valence-electron chi connectivity index (χ3n) is 3.29. The van der Waals surface area contributed by atoms with Gasteiger partial charge < -0.3 is 5.11 Å². The van der Waals surface area contributed by atoms with E-state index in [2.05, 4.69) is 0 Å². The van der Waals surface area contributed by atoms with Crippen molar-refractivity contribution in [2.45, 2.75) is 17.7 Å². The molecule has 0 aromatic heterocycles. The summed E-state index contributed by atoms with van der Waals surface area (Å²) in [7, 11) is -3.96. The lowest BCUT2D eigenvalue weighted by Crippen LogP contribution is -2.42. The summed E-state index contributed by atoms with van der Waals surface area (Å²) in [6.07, 6.45) is 0.919. The Morgan fingerprint density at radius 1 is 1.24 bits per heavy atom. The number of piperidine rings is 1. The third-order valence-corrected chi connectivity index (χ3v) is 6.30. The summed E-state index contributed by atoms with van der Waals surface area (Å²) >= 11 is 17.7. The smallest absolute Gasteiger partial charge is 0.307 e. The Hall–Kier alpha value is -0.530. The molecule has 1 aromatic rings. The van der Waals surface area contributed by atoms with Gasteiger partial charge in [0.1, 0.15) is 4.90 Å². The summed E-state index contributed by atoms with van der Waals surface area (Å²) in [6, 6.07) is 2.58. The fraction of sp³-hybridized carbons (Fsp3) is 0.417. The van der Waals surface area contributed by atoms with Crippen LogP contribution >= 0.6 is 34.8 Å². The van der Waals surface area contributed by atoms with E-state index in [1.54, 1.807) is 0 Å².